The molecule has 2 aromatic rings. The Hall–Kier alpha value is -1.75. The molecule has 1 heterocycles. The molecule has 0 radical (unpaired) electrons. The molecule has 1 N–H and O–H groups in total. The van der Waals surface area contributed by atoms with Crippen molar-refractivity contribution in [2.24, 2.45) is 22.4 Å². The van der Waals surface area contributed by atoms with Gasteiger partial charge in [-0.2, -0.15) is 5.10 Å². The lowest BCUT2D eigenvalue weighted by atomic mass is 9.74. The van der Waals surface area contributed by atoms with Crippen molar-refractivity contribution in [3.63, 3.8) is 0 Å². The molecule has 1 fully saturated rings. The molecule has 34 heavy (non-hydrogen) atoms. The van der Waals surface area contributed by atoms with E-state index in [9.17, 15) is 4.79 Å². The Kier molecular flexibility index (Phi) is 7.52. The molecule has 1 amide bonds. The van der Waals surface area contributed by atoms with Crippen molar-refractivity contribution in [1.82, 2.24) is 5.32 Å². The first kappa shape index (κ1) is 25.3. The van der Waals surface area contributed by atoms with Gasteiger partial charge in [-0.15, -0.1) is 0 Å². The van der Waals surface area contributed by atoms with E-state index in [2.05, 4.69) is 33.0 Å². The number of hydrogen-bond donors (Lipinski definition) is 1. The molecule has 0 bridgehead atoms. The molecule has 182 valence electrons. The average Bonchev–Trinajstić information content (AvgIpc) is 3.31. The van der Waals surface area contributed by atoms with Crippen LogP contribution in [0.25, 0.3) is 0 Å². The van der Waals surface area contributed by atoms with Crippen molar-refractivity contribution in [3.05, 3.63) is 63.1 Å². The van der Waals surface area contributed by atoms with Crippen LogP contribution in [0.2, 0.25) is 15.1 Å². The highest BCUT2D eigenvalue weighted by Gasteiger charge is 2.41. The van der Waals surface area contributed by atoms with Crippen molar-refractivity contribution in [3.8, 4) is 0 Å². The van der Waals surface area contributed by atoms with Gasteiger partial charge in [0.05, 0.1) is 16.8 Å². The van der Waals surface area contributed by atoms with Gasteiger partial charge in [0.1, 0.15) is 5.71 Å². The van der Waals surface area contributed by atoms with Crippen LogP contribution in [0.1, 0.15) is 65.0 Å². The minimum Gasteiger partial charge on any atom is -0.348 e. The van der Waals surface area contributed by atoms with E-state index < -0.39 is 0 Å². The lowest BCUT2D eigenvalue weighted by Crippen LogP contribution is -2.39. The van der Waals surface area contributed by atoms with Gasteiger partial charge < -0.3 is 5.32 Å². The Bertz CT molecular complexity index is 1080. The van der Waals surface area contributed by atoms with Crippen LogP contribution >= 0.6 is 34.8 Å². The molecular weight excluding hydrogens is 489 g/mol. The Morgan fingerprint density at radius 3 is 2.41 bits per heavy atom. The van der Waals surface area contributed by atoms with Crippen molar-refractivity contribution >= 4 is 52.1 Å². The number of hydrazone groups is 1. The van der Waals surface area contributed by atoms with Gasteiger partial charge in [-0.05, 0) is 79.3 Å². The third-order valence-corrected chi connectivity index (χ3v) is 8.66. The number of anilines is 1. The highest BCUT2D eigenvalue weighted by molar-refractivity contribution is 6.40. The van der Waals surface area contributed by atoms with Gasteiger partial charge in [0, 0.05) is 22.5 Å². The zero-order valence-corrected chi connectivity index (χ0v) is 22.4. The lowest BCUT2D eigenvalue weighted by Gasteiger charge is -2.33. The fourth-order valence-electron chi connectivity index (χ4n) is 5.29. The number of halogens is 3. The topological polar surface area (TPSA) is 44.7 Å². The van der Waals surface area contributed by atoms with E-state index in [1.165, 1.54) is 12.8 Å². The fraction of sp³-hybridized carbons (Fsp3) is 0.481. The van der Waals surface area contributed by atoms with Crippen LogP contribution in [-0.4, -0.2) is 17.7 Å². The number of amides is 1. The molecule has 1 saturated carbocycles. The first-order chi connectivity index (χ1) is 16.1. The van der Waals surface area contributed by atoms with Crippen LogP contribution in [0, 0.1) is 17.3 Å². The fourth-order valence-corrected chi connectivity index (χ4v) is 5.91. The minimum absolute atomic E-state index is 0.0759. The highest BCUT2D eigenvalue weighted by atomic mass is 35.5. The molecule has 1 aliphatic heterocycles. The molecule has 2 aliphatic rings. The Labute approximate surface area is 217 Å². The molecule has 2 unspecified atom stereocenters. The predicted octanol–water partition coefficient (Wildman–Crippen LogP) is 7.92. The van der Waals surface area contributed by atoms with Gasteiger partial charge in [-0.25, -0.2) is 0 Å². The van der Waals surface area contributed by atoms with Gasteiger partial charge >= 0.3 is 0 Å². The number of rotatable bonds is 6. The number of benzene rings is 2. The summed E-state index contributed by atoms with van der Waals surface area (Å²) >= 11 is 18.7. The maximum Gasteiger partial charge on any atom is 0.267 e. The quantitative estimate of drug-likeness (QED) is 0.420. The summed E-state index contributed by atoms with van der Waals surface area (Å²) < 4.78 is 0. The number of carbonyl (C=O) groups excluding carboxylic acids is 1. The zero-order chi connectivity index (χ0) is 24.6. The summed E-state index contributed by atoms with van der Waals surface area (Å²) in [6, 6.07) is 12.8. The van der Waals surface area contributed by atoms with Crippen LogP contribution < -0.4 is 10.3 Å². The number of carbonyl (C=O) groups is 1. The van der Waals surface area contributed by atoms with Gasteiger partial charge in [-0.3, -0.25) is 9.80 Å². The number of nitrogens with one attached hydrogen (secondary N) is 1. The number of nitrogens with zero attached hydrogens (tertiary/aromatic N) is 2. The maximum atomic E-state index is 13.3. The summed E-state index contributed by atoms with van der Waals surface area (Å²) in [6.07, 6.45) is 3.93. The van der Waals surface area contributed by atoms with Gasteiger partial charge in [0.15, 0.2) is 0 Å². The molecule has 4 atom stereocenters. The third kappa shape index (κ3) is 5.24. The molecule has 0 spiro atoms. The van der Waals surface area contributed by atoms with E-state index in [-0.39, 0.29) is 18.0 Å². The van der Waals surface area contributed by atoms with E-state index in [1.807, 2.05) is 35.3 Å². The highest BCUT2D eigenvalue weighted by Crippen LogP contribution is 2.49. The SMILES string of the molecule is CC(C[C@H]1CC[C@H](C)C1(C)C)NC(=O)C1=NN(c2ccc(Cl)cc2Cl)C(c2ccc(Cl)cc2)C1. The smallest absolute Gasteiger partial charge is 0.267 e. The molecule has 4 nitrogen and oxygen atoms in total. The van der Waals surface area contributed by atoms with Crippen LogP contribution in [0.5, 0.6) is 0 Å². The lowest BCUT2D eigenvalue weighted by molar-refractivity contribution is -0.115. The van der Waals surface area contributed by atoms with Crippen molar-refractivity contribution in [2.75, 3.05) is 5.01 Å². The first-order valence-electron chi connectivity index (χ1n) is 11.9. The monoisotopic (exact) mass is 519 g/mol. The maximum absolute atomic E-state index is 13.3. The predicted molar refractivity (Wildman–Crippen MR) is 143 cm³/mol. The van der Waals surface area contributed by atoms with E-state index >= 15 is 0 Å². The van der Waals surface area contributed by atoms with Crippen LogP contribution in [0.15, 0.2) is 47.6 Å². The third-order valence-electron chi connectivity index (χ3n) is 7.87. The summed E-state index contributed by atoms with van der Waals surface area (Å²) in [7, 11) is 0. The Morgan fingerprint density at radius 2 is 1.79 bits per heavy atom. The van der Waals surface area contributed by atoms with E-state index in [1.54, 1.807) is 12.1 Å². The largest absolute Gasteiger partial charge is 0.348 e. The van der Waals surface area contributed by atoms with E-state index in [0.29, 0.717) is 50.1 Å². The first-order valence-corrected chi connectivity index (χ1v) is 13.1. The van der Waals surface area contributed by atoms with Gasteiger partial charge in [0.25, 0.3) is 5.91 Å². The van der Waals surface area contributed by atoms with Crippen molar-refractivity contribution in [2.45, 2.75) is 65.5 Å². The summed E-state index contributed by atoms with van der Waals surface area (Å²) in [6.45, 7) is 9.14. The van der Waals surface area contributed by atoms with Crippen LogP contribution in [0.4, 0.5) is 5.69 Å². The molecule has 2 aromatic carbocycles. The second kappa shape index (κ2) is 10.1. The Morgan fingerprint density at radius 1 is 1.12 bits per heavy atom. The molecule has 0 saturated heterocycles. The van der Waals surface area contributed by atoms with Crippen molar-refractivity contribution < 1.29 is 4.79 Å². The van der Waals surface area contributed by atoms with E-state index in [4.69, 9.17) is 39.9 Å². The van der Waals surface area contributed by atoms with Gasteiger partial charge in [-0.1, -0.05) is 67.7 Å². The minimum atomic E-state index is -0.165. The molecule has 4 rings (SSSR count). The molecule has 1 aliphatic carbocycles. The normalized spacial score (nSPS) is 24.7. The zero-order valence-electron chi connectivity index (χ0n) is 20.1. The second-order valence-electron chi connectivity index (χ2n) is 10.4. The molecule has 7 heteroatoms. The Balaban J connectivity index is 1.53. The summed E-state index contributed by atoms with van der Waals surface area (Å²) in [4.78, 5) is 13.3. The average molecular weight is 521 g/mol. The molecule has 0 aromatic heterocycles. The standard InChI is InChI=1S/C27H32Cl3N3O/c1-16-5-8-19(27(16,3)4)13-17(2)31-26(34)23-15-25(18-6-9-20(28)10-7-18)33(32-23)24-12-11-21(29)14-22(24)30/h6-7,9-12,14,16-17,19,25H,5,8,13,15H2,1-4H3,(H,31,34)/t16-,17?,19+,25?/m0/s1. The second-order valence-corrected chi connectivity index (χ2v) is 11.6. The summed E-state index contributed by atoms with van der Waals surface area (Å²) in [5.41, 5.74) is 2.52. The number of hydrogen-bond acceptors (Lipinski definition) is 3. The van der Waals surface area contributed by atoms with Gasteiger partial charge in [0.2, 0.25) is 0 Å². The van der Waals surface area contributed by atoms with E-state index in [0.717, 1.165) is 12.0 Å². The van der Waals surface area contributed by atoms with Crippen molar-refractivity contribution in [1.29, 1.82) is 0 Å². The summed E-state index contributed by atoms with van der Waals surface area (Å²) in [5, 5.41) is 11.5. The van der Waals surface area contributed by atoms with Crippen LogP contribution in [-0.2, 0) is 4.79 Å². The molecular formula is C27H32Cl3N3O. The summed E-state index contributed by atoms with van der Waals surface area (Å²) in [5.74, 6) is 1.19. The van der Waals surface area contributed by atoms with Crippen LogP contribution in [0.3, 0.4) is 0 Å².